The number of hydrogen-bond donors (Lipinski definition) is 1. The standard InChI is InChI=1S/C23H27N5O3/c1-14-12-25-19(27-18(14)23-8-5-15(6-9-23)7-10-23)21(29)26-16-13-31-17-4-3-11-24-20(17)28(2)22(16)30/h3-4,11-12,15-16H,5-10,13H2,1-2H3,(H,26,29). The molecule has 4 aliphatic rings. The molecule has 3 fully saturated rings. The van der Waals surface area contributed by atoms with Crippen molar-refractivity contribution >= 4 is 17.6 Å². The Balaban J connectivity index is 1.37. The fourth-order valence-corrected chi connectivity index (χ4v) is 5.35. The first-order valence-electron chi connectivity index (χ1n) is 11.0. The quantitative estimate of drug-likeness (QED) is 0.818. The van der Waals surface area contributed by atoms with E-state index >= 15 is 0 Å². The van der Waals surface area contributed by atoms with Crippen molar-refractivity contribution in [2.45, 2.75) is 56.9 Å². The summed E-state index contributed by atoms with van der Waals surface area (Å²) in [6, 6.07) is 2.66. The summed E-state index contributed by atoms with van der Waals surface area (Å²) < 4.78 is 5.73. The van der Waals surface area contributed by atoms with Crippen molar-refractivity contribution in [2.75, 3.05) is 18.6 Å². The van der Waals surface area contributed by atoms with Gasteiger partial charge in [-0.05, 0) is 69.1 Å². The Morgan fingerprint density at radius 2 is 1.97 bits per heavy atom. The number of nitrogens with one attached hydrogen (secondary N) is 1. The van der Waals surface area contributed by atoms with Crippen molar-refractivity contribution in [3.8, 4) is 5.75 Å². The minimum absolute atomic E-state index is 0.0254. The van der Waals surface area contributed by atoms with E-state index in [1.807, 2.05) is 6.92 Å². The Morgan fingerprint density at radius 1 is 1.23 bits per heavy atom. The molecule has 0 saturated heterocycles. The first kappa shape index (κ1) is 19.9. The molecule has 0 radical (unpaired) electrons. The van der Waals surface area contributed by atoms with Gasteiger partial charge in [0.15, 0.2) is 11.6 Å². The normalized spacial score (nSPS) is 27.3. The van der Waals surface area contributed by atoms with E-state index < -0.39 is 11.9 Å². The molecule has 3 heterocycles. The Morgan fingerprint density at radius 3 is 2.71 bits per heavy atom. The third-order valence-electron chi connectivity index (χ3n) is 7.18. The van der Waals surface area contributed by atoms with Gasteiger partial charge in [-0.3, -0.25) is 14.5 Å². The lowest BCUT2D eigenvalue weighted by Gasteiger charge is -2.46. The fraction of sp³-hybridized carbons (Fsp3) is 0.522. The number of anilines is 1. The Labute approximate surface area is 181 Å². The summed E-state index contributed by atoms with van der Waals surface area (Å²) in [7, 11) is 1.63. The molecule has 8 heteroatoms. The number of fused-ring (bicyclic) bond motifs is 4. The molecule has 1 atom stereocenters. The number of hydrogen-bond acceptors (Lipinski definition) is 6. The number of ether oxygens (including phenoxy) is 1. The number of carbonyl (C=O) groups excluding carboxylic acids is 2. The lowest BCUT2D eigenvalue weighted by molar-refractivity contribution is -0.120. The molecule has 3 saturated carbocycles. The average Bonchev–Trinajstić information content (AvgIpc) is 2.93. The Kier molecular flexibility index (Phi) is 4.87. The molecular weight excluding hydrogens is 394 g/mol. The van der Waals surface area contributed by atoms with Crippen LogP contribution in [0.1, 0.15) is 60.4 Å². The third kappa shape index (κ3) is 3.43. The highest BCUT2D eigenvalue weighted by molar-refractivity contribution is 6.01. The van der Waals surface area contributed by atoms with Gasteiger partial charge in [-0.25, -0.2) is 15.0 Å². The number of amides is 2. The van der Waals surface area contributed by atoms with Gasteiger partial charge in [0.1, 0.15) is 12.6 Å². The lowest BCUT2D eigenvalue weighted by Crippen LogP contribution is -2.50. The largest absolute Gasteiger partial charge is 0.487 e. The maximum atomic E-state index is 13.0. The second-order valence-electron chi connectivity index (χ2n) is 9.05. The zero-order valence-electron chi connectivity index (χ0n) is 17.9. The number of aromatic nitrogens is 3. The number of likely N-dealkylation sites (N-methyl/N-ethyl adjacent to an activating group) is 1. The van der Waals surface area contributed by atoms with E-state index in [1.165, 1.54) is 24.2 Å². The van der Waals surface area contributed by atoms with E-state index in [-0.39, 0.29) is 23.8 Å². The van der Waals surface area contributed by atoms with E-state index in [0.29, 0.717) is 11.6 Å². The van der Waals surface area contributed by atoms with Gasteiger partial charge < -0.3 is 10.1 Å². The first-order valence-corrected chi connectivity index (χ1v) is 11.0. The van der Waals surface area contributed by atoms with Crippen LogP contribution in [0.3, 0.4) is 0 Å². The van der Waals surface area contributed by atoms with E-state index in [4.69, 9.17) is 9.72 Å². The monoisotopic (exact) mass is 421 g/mol. The van der Waals surface area contributed by atoms with E-state index in [1.54, 1.807) is 31.6 Å². The van der Waals surface area contributed by atoms with Crippen molar-refractivity contribution in [1.82, 2.24) is 20.3 Å². The Hall–Kier alpha value is -3.03. The van der Waals surface area contributed by atoms with Crippen LogP contribution in [0.5, 0.6) is 5.75 Å². The topological polar surface area (TPSA) is 97.3 Å². The maximum absolute atomic E-state index is 13.0. The van der Waals surface area contributed by atoms with Gasteiger partial charge >= 0.3 is 0 Å². The number of carbonyl (C=O) groups is 2. The predicted molar refractivity (Wildman–Crippen MR) is 114 cm³/mol. The Bertz CT molecular complexity index is 1020. The number of pyridine rings is 1. The molecule has 1 unspecified atom stereocenters. The van der Waals surface area contributed by atoms with Crippen LogP contribution < -0.4 is 15.0 Å². The lowest BCUT2D eigenvalue weighted by atomic mass is 9.59. The molecule has 31 heavy (non-hydrogen) atoms. The second kappa shape index (κ2) is 7.59. The summed E-state index contributed by atoms with van der Waals surface area (Å²) in [5, 5.41) is 2.77. The van der Waals surface area contributed by atoms with Gasteiger partial charge in [0.25, 0.3) is 11.8 Å². The summed E-state index contributed by atoms with van der Waals surface area (Å²) >= 11 is 0. The summed E-state index contributed by atoms with van der Waals surface area (Å²) in [5.41, 5.74) is 2.10. The molecule has 2 aromatic rings. The number of nitrogens with zero attached hydrogens (tertiary/aromatic N) is 4. The summed E-state index contributed by atoms with van der Waals surface area (Å²) in [5.74, 6) is 1.15. The fourth-order valence-electron chi connectivity index (χ4n) is 5.35. The van der Waals surface area contributed by atoms with Crippen LogP contribution in [-0.2, 0) is 10.2 Å². The van der Waals surface area contributed by atoms with Crippen LogP contribution in [0.15, 0.2) is 24.5 Å². The van der Waals surface area contributed by atoms with Crippen LogP contribution in [0.25, 0.3) is 0 Å². The van der Waals surface area contributed by atoms with Crippen molar-refractivity contribution in [3.63, 3.8) is 0 Å². The van der Waals surface area contributed by atoms with E-state index in [0.717, 1.165) is 36.4 Å². The van der Waals surface area contributed by atoms with Gasteiger partial charge in [0.2, 0.25) is 5.82 Å². The van der Waals surface area contributed by atoms with Gasteiger partial charge in [0.05, 0.1) is 5.69 Å². The summed E-state index contributed by atoms with van der Waals surface area (Å²) in [6.07, 6.45) is 10.4. The highest BCUT2D eigenvalue weighted by Crippen LogP contribution is 2.51. The zero-order chi connectivity index (χ0) is 21.6. The van der Waals surface area contributed by atoms with Crippen molar-refractivity contribution in [3.05, 3.63) is 41.6 Å². The number of aryl methyl sites for hydroxylation is 1. The molecule has 0 spiro atoms. The molecule has 1 aliphatic heterocycles. The molecule has 8 nitrogen and oxygen atoms in total. The van der Waals surface area contributed by atoms with Gasteiger partial charge in [-0.1, -0.05) is 0 Å². The molecule has 2 bridgehead atoms. The van der Waals surface area contributed by atoms with Crippen LogP contribution in [0.4, 0.5) is 5.82 Å². The predicted octanol–water partition coefficient (Wildman–Crippen LogP) is 2.56. The van der Waals surface area contributed by atoms with Gasteiger partial charge in [-0.2, -0.15) is 0 Å². The first-order chi connectivity index (χ1) is 15.0. The van der Waals surface area contributed by atoms with Crippen LogP contribution in [0.2, 0.25) is 0 Å². The highest BCUT2D eigenvalue weighted by Gasteiger charge is 2.43. The molecule has 2 amide bonds. The highest BCUT2D eigenvalue weighted by atomic mass is 16.5. The van der Waals surface area contributed by atoms with Crippen LogP contribution >= 0.6 is 0 Å². The molecular formula is C23H27N5O3. The molecule has 6 rings (SSSR count). The minimum atomic E-state index is -0.844. The molecule has 0 aromatic carbocycles. The van der Waals surface area contributed by atoms with Crippen molar-refractivity contribution in [2.24, 2.45) is 5.92 Å². The minimum Gasteiger partial charge on any atom is -0.487 e. The SMILES string of the molecule is Cc1cnc(C(=O)NC2COc3cccnc3N(C)C2=O)nc1C12CCC(CC1)CC2. The molecule has 2 aromatic heterocycles. The van der Waals surface area contributed by atoms with Gasteiger partial charge in [-0.15, -0.1) is 0 Å². The van der Waals surface area contributed by atoms with Crippen molar-refractivity contribution < 1.29 is 14.3 Å². The zero-order valence-corrected chi connectivity index (χ0v) is 17.9. The van der Waals surface area contributed by atoms with Crippen LogP contribution in [-0.4, -0.2) is 46.5 Å². The summed E-state index contributed by atoms with van der Waals surface area (Å²) in [6.45, 7) is 2.05. The number of rotatable bonds is 3. The smallest absolute Gasteiger partial charge is 0.289 e. The van der Waals surface area contributed by atoms with E-state index in [9.17, 15) is 9.59 Å². The molecule has 1 N–H and O–H groups in total. The second-order valence-corrected chi connectivity index (χ2v) is 9.05. The summed E-state index contributed by atoms with van der Waals surface area (Å²) in [4.78, 5) is 40.6. The van der Waals surface area contributed by atoms with Crippen LogP contribution in [0, 0.1) is 12.8 Å². The van der Waals surface area contributed by atoms with Crippen molar-refractivity contribution in [1.29, 1.82) is 0 Å². The maximum Gasteiger partial charge on any atom is 0.289 e. The van der Waals surface area contributed by atoms with E-state index in [2.05, 4.69) is 15.3 Å². The third-order valence-corrected chi connectivity index (χ3v) is 7.18. The van der Waals surface area contributed by atoms with Gasteiger partial charge in [0, 0.05) is 24.9 Å². The molecule has 3 aliphatic carbocycles. The average molecular weight is 422 g/mol. The molecule has 162 valence electrons.